The van der Waals surface area contributed by atoms with Crippen molar-refractivity contribution in [3.05, 3.63) is 32.8 Å². The van der Waals surface area contributed by atoms with Gasteiger partial charge in [-0.05, 0) is 57.8 Å². The predicted octanol–water partition coefficient (Wildman–Crippen LogP) is 4.54. The maximum absolute atomic E-state index is 5.88. The van der Waals surface area contributed by atoms with Crippen LogP contribution in [0.1, 0.15) is 12.5 Å². The monoisotopic (exact) mass is 415 g/mol. The van der Waals surface area contributed by atoms with Gasteiger partial charge in [0.25, 0.3) is 0 Å². The Balaban J connectivity index is 2.33. The fourth-order valence-corrected chi connectivity index (χ4v) is 2.51. The molecular formula is C14H15Br2N3O2. The van der Waals surface area contributed by atoms with Gasteiger partial charge in [-0.25, -0.2) is 4.98 Å². The smallest absolute Gasteiger partial charge is 0.227 e. The summed E-state index contributed by atoms with van der Waals surface area (Å²) in [4.78, 5) is 8.55. The number of halogens is 2. The molecule has 2 aromatic rings. The molecule has 1 N–H and O–H groups in total. The molecule has 0 aliphatic rings. The van der Waals surface area contributed by atoms with E-state index in [1.165, 1.54) is 0 Å². The predicted molar refractivity (Wildman–Crippen MR) is 89.4 cm³/mol. The molecule has 1 aromatic carbocycles. The van der Waals surface area contributed by atoms with Crippen molar-refractivity contribution < 1.29 is 9.47 Å². The number of methoxy groups -OCH3 is 1. The number of nitrogens with one attached hydrogen (secondary N) is 1. The normalized spacial score (nSPS) is 10.3. The summed E-state index contributed by atoms with van der Waals surface area (Å²) < 4.78 is 12.7. The largest absolute Gasteiger partial charge is 0.496 e. The fourth-order valence-electron chi connectivity index (χ4n) is 1.62. The minimum Gasteiger partial charge on any atom is -0.496 e. The molecule has 0 radical (unpaired) electrons. The highest BCUT2D eigenvalue weighted by atomic mass is 79.9. The Morgan fingerprint density at radius 3 is 2.52 bits per heavy atom. The van der Waals surface area contributed by atoms with E-state index in [0.29, 0.717) is 17.6 Å². The summed E-state index contributed by atoms with van der Waals surface area (Å²) in [6, 6.07) is 3.67. The summed E-state index contributed by atoms with van der Waals surface area (Å²) >= 11 is 6.91. The molecule has 0 aliphatic carbocycles. The maximum Gasteiger partial charge on any atom is 0.227 e. The number of anilines is 1. The Kier molecular flexibility index (Phi) is 5.41. The molecule has 0 aliphatic heterocycles. The Labute approximate surface area is 140 Å². The number of aromatic nitrogens is 2. The third-order valence-corrected chi connectivity index (χ3v) is 3.91. The Morgan fingerprint density at radius 2 is 1.86 bits per heavy atom. The van der Waals surface area contributed by atoms with E-state index in [2.05, 4.69) is 47.1 Å². The first-order chi connectivity index (χ1) is 10.0. The lowest BCUT2D eigenvalue weighted by Gasteiger charge is -2.12. The summed E-state index contributed by atoms with van der Waals surface area (Å²) in [6.45, 7) is 4.64. The van der Waals surface area contributed by atoms with Crippen molar-refractivity contribution in [2.45, 2.75) is 13.8 Å². The highest BCUT2D eigenvalue weighted by Crippen LogP contribution is 2.38. The van der Waals surface area contributed by atoms with Crippen molar-refractivity contribution in [2.75, 3.05) is 19.0 Å². The topological polar surface area (TPSA) is 56.3 Å². The van der Waals surface area contributed by atoms with E-state index in [9.17, 15) is 0 Å². The van der Waals surface area contributed by atoms with Crippen LogP contribution in [0.4, 0.5) is 5.95 Å². The lowest BCUT2D eigenvalue weighted by atomic mass is 10.3. The first-order valence-electron chi connectivity index (χ1n) is 6.33. The average Bonchev–Trinajstić information content (AvgIpc) is 2.46. The highest BCUT2D eigenvalue weighted by Gasteiger charge is 2.12. The number of hydrogen-bond donors (Lipinski definition) is 1. The minimum atomic E-state index is 0.513. The average molecular weight is 417 g/mol. The Morgan fingerprint density at radius 1 is 1.19 bits per heavy atom. The van der Waals surface area contributed by atoms with Crippen LogP contribution >= 0.6 is 31.9 Å². The minimum absolute atomic E-state index is 0.513. The number of hydrogen-bond acceptors (Lipinski definition) is 5. The third-order valence-electron chi connectivity index (χ3n) is 2.67. The molecule has 1 heterocycles. The van der Waals surface area contributed by atoms with Gasteiger partial charge >= 0.3 is 0 Å². The van der Waals surface area contributed by atoms with E-state index >= 15 is 0 Å². The molecule has 0 bridgehead atoms. The number of ether oxygens (including phenoxy) is 2. The second-order valence-electron chi connectivity index (χ2n) is 4.23. The van der Waals surface area contributed by atoms with Crippen LogP contribution in [0.2, 0.25) is 0 Å². The molecule has 21 heavy (non-hydrogen) atoms. The van der Waals surface area contributed by atoms with E-state index in [4.69, 9.17) is 9.47 Å². The first kappa shape index (κ1) is 16.0. The van der Waals surface area contributed by atoms with Crippen LogP contribution in [0.15, 0.2) is 27.3 Å². The van der Waals surface area contributed by atoms with E-state index in [-0.39, 0.29) is 0 Å². The second kappa shape index (κ2) is 7.09. The molecule has 5 nitrogen and oxygen atoms in total. The summed E-state index contributed by atoms with van der Waals surface area (Å²) in [7, 11) is 1.62. The SMILES string of the molecule is CCNc1ncc(C)c(Oc2cc(Br)c(OC)cc2Br)n1. The van der Waals surface area contributed by atoms with Crippen LogP contribution in [-0.2, 0) is 0 Å². The van der Waals surface area contributed by atoms with Gasteiger partial charge in [0.2, 0.25) is 11.8 Å². The van der Waals surface area contributed by atoms with Gasteiger partial charge in [-0.2, -0.15) is 4.98 Å². The van der Waals surface area contributed by atoms with Crippen molar-refractivity contribution in [1.82, 2.24) is 9.97 Å². The van der Waals surface area contributed by atoms with Crippen LogP contribution in [0.5, 0.6) is 17.4 Å². The standard InChI is InChI=1S/C14H15Br2N3O2/c1-4-17-14-18-7-8(2)13(19-14)21-12-6-9(15)11(20-3)5-10(12)16/h5-7H,4H2,1-3H3,(H,17,18,19). The number of aryl methyl sites for hydroxylation is 1. The summed E-state index contributed by atoms with van der Waals surface area (Å²) in [5.74, 6) is 2.43. The van der Waals surface area contributed by atoms with Crippen LogP contribution < -0.4 is 14.8 Å². The van der Waals surface area contributed by atoms with E-state index in [1.54, 1.807) is 13.3 Å². The number of benzene rings is 1. The molecule has 0 atom stereocenters. The summed E-state index contributed by atoms with van der Waals surface area (Å²) in [6.07, 6.45) is 1.73. The van der Waals surface area contributed by atoms with Gasteiger partial charge in [0.05, 0.1) is 16.1 Å². The molecule has 0 fully saturated rings. The van der Waals surface area contributed by atoms with Gasteiger partial charge in [-0.1, -0.05) is 0 Å². The van der Waals surface area contributed by atoms with Gasteiger partial charge in [0.15, 0.2) is 0 Å². The second-order valence-corrected chi connectivity index (χ2v) is 5.94. The van der Waals surface area contributed by atoms with Gasteiger partial charge in [0.1, 0.15) is 11.5 Å². The van der Waals surface area contributed by atoms with E-state index in [0.717, 1.165) is 26.8 Å². The van der Waals surface area contributed by atoms with Crippen molar-refractivity contribution in [2.24, 2.45) is 0 Å². The van der Waals surface area contributed by atoms with E-state index in [1.807, 2.05) is 26.0 Å². The number of rotatable bonds is 5. The lowest BCUT2D eigenvalue weighted by Crippen LogP contribution is -2.04. The summed E-state index contributed by atoms with van der Waals surface area (Å²) in [5.41, 5.74) is 0.857. The molecule has 0 amide bonds. The van der Waals surface area contributed by atoms with Crippen molar-refractivity contribution in [3.63, 3.8) is 0 Å². The number of nitrogens with zero attached hydrogens (tertiary/aromatic N) is 2. The molecular weight excluding hydrogens is 402 g/mol. The van der Waals surface area contributed by atoms with Crippen LogP contribution in [0.25, 0.3) is 0 Å². The molecule has 2 rings (SSSR count). The zero-order valence-electron chi connectivity index (χ0n) is 11.9. The molecule has 0 spiro atoms. The maximum atomic E-state index is 5.88. The molecule has 1 aromatic heterocycles. The fraction of sp³-hybridized carbons (Fsp3) is 0.286. The molecule has 0 unspecified atom stereocenters. The zero-order chi connectivity index (χ0) is 15.4. The highest BCUT2D eigenvalue weighted by molar-refractivity contribution is 9.11. The molecule has 112 valence electrons. The van der Waals surface area contributed by atoms with Crippen molar-refractivity contribution in [3.8, 4) is 17.4 Å². The van der Waals surface area contributed by atoms with Crippen LogP contribution in [0, 0.1) is 6.92 Å². The van der Waals surface area contributed by atoms with Crippen LogP contribution in [-0.4, -0.2) is 23.6 Å². The van der Waals surface area contributed by atoms with Gasteiger partial charge < -0.3 is 14.8 Å². The van der Waals surface area contributed by atoms with Crippen molar-refractivity contribution in [1.29, 1.82) is 0 Å². The lowest BCUT2D eigenvalue weighted by molar-refractivity contribution is 0.408. The van der Waals surface area contributed by atoms with Gasteiger partial charge in [-0.15, -0.1) is 0 Å². The zero-order valence-corrected chi connectivity index (χ0v) is 15.1. The Bertz CT molecular complexity index is 650. The molecule has 0 saturated carbocycles. The van der Waals surface area contributed by atoms with E-state index < -0.39 is 0 Å². The summed E-state index contributed by atoms with van der Waals surface area (Å²) in [5, 5.41) is 3.06. The van der Waals surface area contributed by atoms with Crippen LogP contribution in [0.3, 0.4) is 0 Å². The van der Waals surface area contributed by atoms with Gasteiger partial charge in [-0.3, -0.25) is 0 Å². The Hall–Kier alpha value is -1.34. The van der Waals surface area contributed by atoms with Gasteiger partial charge in [0, 0.05) is 18.3 Å². The molecule has 0 saturated heterocycles. The third kappa shape index (κ3) is 3.85. The first-order valence-corrected chi connectivity index (χ1v) is 7.92. The quantitative estimate of drug-likeness (QED) is 0.775. The molecule has 7 heteroatoms. The van der Waals surface area contributed by atoms with Crippen molar-refractivity contribution >= 4 is 37.8 Å².